The highest BCUT2D eigenvalue weighted by molar-refractivity contribution is 5.99. The Labute approximate surface area is 354 Å². The van der Waals surface area contributed by atoms with Crippen LogP contribution in [-0.4, -0.2) is 79.1 Å². The average molecular weight is 809 g/mol. The van der Waals surface area contributed by atoms with Crippen molar-refractivity contribution in [3.63, 3.8) is 0 Å². The largest absolute Gasteiger partial charge is 0.368 e. The number of benzene rings is 2. The van der Waals surface area contributed by atoms with Crippen LogP contribution in [0.3, 0.4) is 0 Å². The molecule has 1 atom stereocenters. The smallest absolute Gasteiger partial charge is 0.263 e. The number of fused-ring (bicyclic) bond motifs is 1. The van der Waals surface area contributed by atoms with Gasteiger partial charge in [-0.15, -0.1) is 0 Å². The van der Waals surface area contributed by atoms with E-state index in [-0.39, 0.29) is 34.3 Å². The van der Waals surface area contributed by atoms with E-state index in [0.717, 1.165) is 107 Å². The monoisotopic (exact) mass is 808 g/mol. The molecule has 2 aromatic carbocycles. The Balaban J connectivity index is 0.836. The standard InChI is InChI=1S/C49H60N8O3/c1-7-37-26-38(16-18-42(37)33(3)58)39-20-21-56(49(5,6)27-39)31-36-14-12-35(13-15-36)30-54-22-24-55(25-23-54)41-17-19-44(50-28-41)52-48-51-29-43-32(2)45(34(4)59)47(60)57(46(43)53-48)40-10-8-9-11-40/h12-19,26,28-29,39-40H,7-11,20-25,27,30-31H2,1-6H3,(H,50,51,52,53). The molecule has 11 nitrogen and oxygen atoms in total. The Hall–Kier alpha value is -5.26. The minimum Gasteiger partial charge on any atom is -0.368 e. The lowest BCUT2D eigenvalue weighted by molar-refractivity contribution is 0.0578. The first-order chi connectivity index (χ1) is 28.9. The van der Waals surface area contributed by atoms with E-state index in [0.29, 0.717) is 28.9 Å². The summed E-state index contributed by atoms with van der Waals surface area (Å²) >= 11 is 0. The summed E-state index contributed by atoms with van der Waals surface area (Å²) in [4.78, 5) is 59.8. The summed E-state index contributed by atoms with van der Waals surface area (Å²) in [7, 11) is 0. The van der Waals surface area contributed by atoms with Gasteiger partial charge < -0.3 is 10.2 Å². The van der Waals surface area contributed by atoms with E-state index in [1.807, 2.05) is 25.3 Å². The Kier molecular flexibility index (Phi) is 12.0. The number of piperidine rings is 1. The summed E-state index contributed by atoms with van der Waals surface area (Å²) in [6, 6.07) is 19.8. The van der Waals surface area contributed by atoms with Gasteiger partial charge in [-0.1, -0.05) is 62.2 Å². The van der Waals surface area contributed by atoms with Crippen molar-refractivity contribution in [1.29, 1.82) is 0 Å². The number of ketones is 2. The van der Waals surface area contributed by atoms with Crippen molar-refractivity contribution in [2.45, 2.75) is 117 Å². The van der Waals surface area contributed by atoms with E-state index < -0.39 is 0 Å². The van der Waals surface area contributed by atoms with Gasteiger partial charge in [0.2, 0.25) is 5.95 Å². The third-order valence-electron chi connectivity index (χ3n) is 13.5. The lowest BCUT2D eigenvalue weighted by Crippen LogP contribution is -2.48. The van der Waals surface area contributed by atoms with Gasteiger partial charge in [0, 0.05) is 68.0 Å². The van der Waals surface area contributed by atoms with Gasteiger partial charge in [0.25, 0.3) is 5.56 Å². The zero-order valence-corrected chi connectivity index (χ0v) is 36.3. The van der Waals surface area contributed by atoms with E-state index in [1.54, 1.807) is 17.7 Å². The molecule has 1 saturated carbocycles. The van der Waals surface area contributed by atoms with Gasteiger partial charge in [-0.25, -0.2) is 9.97 Å². The van der Waals surface area contributed by atoms with Gasteiger partial charge >= 0.3 is 0 Å². The maximum absolute atomic E-state index is 13.6. The van der Waals surface area contributed by atoms with E-state index in [9.17, 15) is 14.4 Å². The summed E-state index contributed by atoms with van der Waals surface area (Å²) in [5, 5.41) is 3.97. The van der Waals surface area contributed by atoms with Crippen molar-refractivity contribution in [1.82, 2.24) is 29.3 Å². The molecule has 0 radical (unpaired) electrons. The van der Waals surface area contributed by atoms with Crippen LogP contribution in [0.4, 0.5) is 17.5 Å². The minimum atomic E-state index is -0.256. The number of hydrogen-bond donors (Lipinski definition) is 1. The summed E-state index contributed by atoms with van der Waals surface area (Å²) in [6.45, 7) is 18.6. The third kappa shape index (κ3) is 8.65. The molecule has 5 heterocycles. The van der Waals surface area contributed by atoms with Crippen molar-refractivity contribution in [3.8, 4) is 0 Å². The average Bonchev–Trinajstić information content (AvgIpc) is 3.77. The highest BCUT2D eigenvalue weighted by Crippen LogP contribution is 2.39. The number of aromatic nitrogens is 4. The highest BCUT2D eigenvalue weighted by atomic mass is 16.1. The molecule has 1 N–H and O–H groups in total. The summed E-state index contributed by atoms with van der Waals surface area (Å²) in [5.41, 5.74) is 8.44. The predicted octanol–water partition coefficient (Wildman–Crippen LogP) is 8.80. The number of rotatable bonds is 12. The first kappa shape index (κ1) is 41.5. The van der Waals surface area contributed by atoms with Crippen molar-refractivity contribution < 1.29 is 9.59 Å². The summed E-state index contributed by atoms with van der Waals surface area (Å²) in [5.74, 6) is 1.43. The highest BCUT2D eigenvalue weighted by Gasteiger charge is 2.35. The first-order valence-electron chi connectivity index (χ1n) is 22.0. The van der Waals surface area contributed by atoms with Crippen LogP contribution in [0.1, 0.15) is 134 Å². The molecule has 3 fully saturated rings. The SMILES string of the molecule is CCc1cc(C2CCN(Cc3ccc(CN4CCN(c5ccc(Nc6ncc7c(C)c(C(C)=O)c(=O)n(C8CCCC8)c7n6)nc5)CC4)cc3)C(C)(C)C2)ccc1C(C)=O. The van der Waals surface area contributed by atoms with Gasteiger partial charge in [0.05, 0.1) is 17.4 Å². The molecule has 3 aromatic heterocycles. The molecule has 60 heavy (non-hydrogen) atoms. The Morgan fingerprint density at radius 3 is 2.18 bits per heavy atom. The fraction of sp³-hybridized carbons (Fsp3) is 0.469. The molecule has 8 rings (SSSR count). The first-order valence-corrected chi connectivity index (χ1v) is 22.0. The van der Waals surface area contributed by atoms with Crippen LogP contribution in [0.5, 0.6) is 0 Å². The molecule has 0 bridgehead atoms. The molecular formula is C49H60N8O3. The molecule has 1 aliphatic carbocycles. The van der Waals surface area contributed by atoms with Crippen molar-refractivity contribution in [2.24, 2.45) is 0 Å². The molecule has 11 heteroatoms. The van der Waals surface area contributed by atoms with Crippen LogP contribution in [0, 0.1) is 6.92 Å². The van der Waals surface area contributed by atoms with Gasteiger partial charge in [0.15, 0.2) is 11.6 Å². The van der Waals surface area contributed by atoms with Gasteiger partial charge in [-0.3, -0.25) is 28.8 Å². The van der Waals surface area contributed by atoms with Crippen molar-refractivity contribution in [3.05, 3.63) is 116 Å². The van der Waals surface area contributed by atoms with Crippen LogP contribution >= 0.6 is 0 Å². The van der Waals surface area contributed by atoms with Gasteiger partial charge in [0.1, 0.15) is 11.5 Å². The number of nitrogens with one attached hydrogen (secondary N) is 1. The number of likely N-dealkylation sites (tertiary alicyclic amines) is 1. The second kappa shape index (κ2) is 17.4. The number of Topliss-reactive ketones (excluding diaryl/α,β-unsaturated/α-hetero) is 2. The number of hydrogen-bond acceptors (Lipinski definition) is 10. The fourth-order valence-corrected chi connectivity index (χ4v) is 9.99. The topological polar surface area (TPSA) is 117 Å². The summed E-state index contributed by atoms with van der Waals surface area (Å²) in [6.07, 6.45) is 10.6. The maximum Gasteiger partial charge on any atom is 0.263 e. The van der Waals surface area contributed by atoms with Crippen LogP contribution in [0.2, 0.25) is 0 Å². The molecule has 0 amide bonds. The molecule has 2 saturated heterocycles. The van der Waals surface area contributed by atoms with E-state index in [1.165, 1.54) is 29.2 Å². The quantitative estimate of drug-likeness (QED) is 0.123. The number of nitrogens with zero attached hydrogens (tertiary/aromatic N) is 7. The van der Waals surface area contributed by atoms with Crippen LogP contribution in [0.25, 0.3) is 11.0 Å². The third-order valence-corrected chi connectivity index (χ3v) is 13.5. The fourth-order valence-electron chi connectivity index (χ4n) is 9.99. The lowest BCUT2D eigenvalue weighted by atomic mass is 9.78. The van der Waals surface area contributed by atoms with Crippen LogP contribution in [-0.2, 0) is 19.5 Å². The molecule has 1 unspecified atom stereocenters. The number of carbonyl (C=O) groups is 2. The maximum atomic E-state index is 13.6. The number of carbonyl (C=O) groups excluding carboxylic acids is 2. The van der Waals surface area contributed by atoms with E-state index in [2.05, 4.69) is 88.2 Å². The minimum absolute atomic E-state index is 0.0265. The number of anilines is 3. The second-order valence-corrected chi connectivity index (χ2v) is 18.0. The van der Waals surface area contributed by atoms with E-state index >= 15 is 0 Å². The molecule has 2 aliphatic heterocycles. The predicted molar refractivity (Wildman–Crippen MR) is 240 cm³/mol. The molecule has 5 aromatic rings. The van der Waals surface area contributed by atoms with E-state index in [4.69, 9.17) is 9.97 Å². The van der Waals surface area contributed by atoms with Gasteiger partial charge in [-0.2, -0.15) is 4.98 Å². The normalized spacial score (nSPS) is 18.9. The number of aryl methyl sites for hydroxylation is 2. The molecular weight excluding hydrogens is 749 g/mol. The molecule has 3 aliphatic rings. The van der Waals surface area contributed by atoms with Crippen molar-refractivity contribution in [2.75, 3.05) is 42.9 Å². The lowest BCUT2D eigenvalue weighted by Gasteiger charge is -2.46. The van der Waals surface area contributed by atoms with Crippen LogP contribution in [0.15, 0.2) is 71.8 Å². The van der Waals surface area contributed by atoms with Gasteiger partial charge in [-0.05, 0) is 119 Å². The van der Waals surface area contributed by atoms with Crippen molar-refractivity contribution >= 4 is 40.1 Å². The Morgan fingerprint density at radius 2 is 1.55 bits per heavy atom. The zero-order valence-electron chi connectivity index (χ0n) is 36.3. The Morgan fingerprint density at radius 1 is 0.833 bits per heavy atom. The molecule has 314 valence electrons. The zero-order chi connectivity index (χ0) is 42.1. The Bertz CT molecular complexity index is 2430. The molecule has 0 spiro atoms. The van der Waals surface area contributed by atoms with Crippen LogP contribution < -0.4 is 15.8 Å². The summed E-state index contributed by atoms with van der Waals surface area (Å²) < 4.78 is 1.73. The second-order valence-electron chi connectivity index (χ2n) is 18.0. The number of piperazine rings is 1. The number of pyridine rings is 2.